The highest BCUT2D eigenvalue weighted by Gasteiger charge is 2.31. The summed E-state index contributed by atoms with van der Waals surface area (Å²) in [7, 11) is 0. The van der Waals surface area contributed by atoms with Gasteiger partial charge in [-0.15, -0.1) is 0 Å². The van der Waals surface area contributed by atoms with Crippen molar-refractivity contribution in [3.8, 4) is 0 Å². The lowest BCUT2D eigenvalue weighted by molar-refractivity contribution is -0.122. The molecule has 3 rings (SSSR count). The largest absolute Gasteiger partial charge is 0.452 e. The van der Waals surface area contributed by atoms with E-state index < -0.39 is 18.5 Å². The monoisotopic (exact) mass is 385 g/mol. The number of nitrogens with zero attached hydrogens (tertiary/aromatic N) is 2. The second-order valence-electron chi connectivity index (χ2n) is 7.12. The van der Waals surface area contributed by atoms with Crippen LogP contribution >= 0.6 is 0 Å². The number of rotatable bonds is 4. The van der Waals surface area contributed by atoms with Crippen molar-refractivity contribution in [2.24, 2.45) is 0 Å². The van der Waals surface area contributed by atoms with Gasteiger partial charge in [0.1, 0.15) is 5.56 Å². The second-order valence-corrected chi connectivity index (χ2v) is 7.12. The number of anilines is 2. The molecule has 28 heavy (non-hydrogen) atoms. The minimum Gasteiger partial charge on any atom is -0.452 e. The molecule has 0 saturated carbocycles. The molecule has 0 unspecified atom stereocenters. The third-order valence-corrected chi connectivity index (χ3v) is 4.57. The number of esters is 1. The average molecular weight is 385 g/mol. The highest BCUT2D eigenvalue weighted by molar-refractivity contribution is 6.05. The Morgan fingerprint density at radius 3 is 2.79 bits per heavy atom. The summed E-state index contributed by atoms with van der Waals surface area (Å²) in [4.78, 5) is 38.9. The number of aryl methyl sites for hydroxylation is 1. The number of carbonyl (C=O) groups is 3. The molecule has 0 aliphatic carbocycles. The van der Waals surface area contributed by atoms with Crippen LogP contribution in [0, 0.1) is 6.92 Å². The Kier molecular flexibility index (Phi) is 5.48. The third-order valence-electron chi connectivity index (χ3n) is 4.57. The maximum atomic E-state index is 12.9. The molecule has 1 aromatic carbocycles. The first-order valence-corrected chi connectivity index (χ1v) is 9.13. The first kappa shape index (κ1) is 19.6. The van der Waals surface area contributed by atoms with E-state index in [4.69, 9.17) is 9.26 Å². The summed E-state index contributed by atoms with van der Waals surface area (Å²) in [5.74, 6) is -0.855. The lowest BCUT2D eigenvalue weighted by atomic mass is 10.1. The topological polar surface area (TPSA) is 102 Å². The van der Waals surface area contributed by atoms with Gasteiger partial charge in [-0.3, -0.25) is 9.59 Å². The Bertz CT molecular complexity index is 918. The van der Waals surface area contributed by atoms with Crippen molar-refractivity contribution in [1.82, 2.24) is 5.16 Å². The molecule has 8 nitrogen and oxygen atoms in total. The van der Waals surface area contributed by atoms with Crippen LogP contribution in [0.2, 0.25) is 0 Å². The van der Waals surface area contributed by atoms with Crippen molar-refractivity contribution in [3.05, 3.63) is 41.3 Å². The van der Waals surface area contributed by atoms with Crippen LogP contribution in [0.3, 0.4) is 0 Å². The van der Waals surface area contributed by atoms with Crippen LogP contribution < -0.4 is 10.2 Å². The molecule has 2 heterocycles. The highest BCUT2D eigenvalue weighted by atomic mass is 16.5. The lowest BCUT2D eigenvalue weighted by Crippen LogP contribution is -2.41. The molecular weight excluding hydrogens is 362 g/mol. The first-order chi connectivity index (χ1) is 13.3. The fraction of sp³-hybridized carbons (Fsp3) is 0.400. The predicted molar refractivity (Wildman–Crippen MR) is 102 cm³/mol. The number of aromatic nitrogens is 1. The Balaban J connectivity index is 1.79. The molecule has 0 radical (unpaired) electrons. The number of nitrogens with one attached hydrogen (secondary N) is 1. The molecular formula is C20H23N3O5. The van der Waals surface area contributed by atoms with Crippen molar-refractivity contribution in [3.63, 3.8) is 0 Å². The second kappa shape index (κ2) is 7.84. The van der Waals surface area contributed by atoms with E-state index in [0.29, 0.717) is 22.8 Å². The van der Waals surface area contributed by atoms with E-state index in [1.165, 1.54) is 4.90 Å². The Morgan fingerprint density at radius 1 is 1.36 bits per heavy atom. The molecule has 1 aliphatic heterocycles. The molecule has 0 fully saturated rings. The van der Waals surface area contributed by atoms with Crippen molar-refractivity contribution >= 4 is 29.2 Å². The first-order valence-electron chi connectivity index (χ1n) is 9.13. The summed E-state index contributed by atoms with van der Waals surface area (Å²) in [5.41, 5.74) is 1.80. The quantitative estimate of drug-likeness (QED) is 0.812. The van der Waals surface area contributed by atoms with Crippen LogP contribution in [0.1, 0.15) is 54.9 Å². The van der Waals surface area contributed by atoms with Gasteiger partial charge in [0.05, 0.1) is 17.1 Å². The van der Waals surface area contributed by atoms with Crippen molar-refractivity contribution < 1.29 is 23.6 Å². The summed E-state index contributed by atoms with van der Waals surface area (Å²) in [6, 6.07) is 6.66. The summed E-state index contributed by atoms with van der Waals surface area (Å²) in [6.07, 6.45) is 0.149. The minimum absolute atomic E-state index is 0.0472. The van der Waals surface area contributed by atoms with E-state index in [2.05, 4.69) is 10.5 Å². The molecule has 148 valence electrons. The number of hydrogen-bond donors (Lipinski definition) is 1. The summed E-state index contributed by atoms with van der Waals surface area (Å²) in [5, 5.41) is 6.61. The van der Waals surface area contributed by atoms with E-state index >= 15 is 0 Å². The Hall–Kier alpha value is -3.16. The summed E-state index contributed by atoms with van der Waals surface area (Å²) < 4.78 is 10.5. The van der Waals surface area contributed by atoms with Gasteiger partial charge in [0, 0.05) is 18.4 Å². The molecule has 1 aromatic heterocycles. The molecule has 2 amide bonds. The molecule has 0 saturated heterocycles. The van der Waals surface area contributed by atoms with Gasteiger partial charge in [-0.25, -0.2) is 4.79 Å². The molecule has 1 atom stereocenters. The van der Waals surface area contributed by atoms with Crippen LogP contribution in [0.4, 0.5) is 11.4 Å². The Labute approximate surface area is 162 Å². The van der Waals surface area contributed by atoms with Gasteiger partial charge in [0.25, 0.3) is 5.91 Å². The van der Waals surface area contributed by atoms with Crippen LogP contribution in [-0.2, 0) is 14.3 Å². The number of hydrogen-bond acceptors (Lipinski definition) is 6. The van der Waals surface area contributed by atoms with Gasteiger partial charge in [-0.05, 0) is 26.0 Å². The number of carbonyl (C=O) groups excluding carboxylic acids is 3. The van der Waals surface area contributed by atoms with Crippen molar-refractivity contribution in [1.29, 1.82) is 0 Å². The smallest absolute Gasteiger partial charge is 0.344 e. The van der Waals surface area contributed by atoms with E-state index in [1.54, 1.807) is 38.1 Å². The zero-order chi connectivity index (χ0) is 20.4. The van der Waals surface area contributed by atoms with E-state index in [0.717, 1.165) is 0 Å². The number of fused-ring (bicyclic) bond motifs is 1. The molecule has 1 aliphatic rings. The standard InChI is InChI=1S/C20H23N3O5/c1-11(2)19-18(13(4)22-28-19)20(26)27-10-17(25)23-12(3)9-16(24)21-14-7-5-6-8-15(14)23/h5-8,11-12H,9-10H2,1-4H3,(H,21,24)/t12-/m1/s1. The zero-order valence-corrected chi connectivity index (χ0v) is 16.3. The van der Waals surface area contributed by atoms with Crippen LogP contribution in [-0.4, -0.2) is 35.6 Å². The zero-order valence-electron chi connectivity index (χ0n) is 16.3. The predicted octanol–water partition coefficient (Wildman–Crippen LogP) is 3.03. The van der Waals surface area contributed by atoms with Crippen LogP contribution in [0.15, 0.2) is 28.8 Å². The maximum absolute atomic E-state index is 12.9. The van der Waals surface area contributed by atoms with Gasteiger partial charge >= 0.3 is 5.97 Å². The maximum Gasteiger partial charge on any atom is 0.344 e. The van der Waals surface area contributed by atoms with E-state index in [1.807, 2.05) is 13.8 Å². The molecule has 0 spiro atoms. The number of benzene rings is 1. The van der Waals surface area contributed by atoms with Gasteiger partial charge < -0.3 is 19.5 Å². The van der Waals surface area contributed by atoms with Crippen molar-refractivity contribution in [2.75, 3.05) is 16.8 Å². The Morgan fingerprint density at radius 2 is 2.07 bits per heavy atom. The SMILES string of the molecule is Cc1noc(C(C)C)c1C(=O)OCC(=O)N1c2ccccc2NC(=O)C[C@H]1C. The third kappa shape index (κ3) is 3.76. The van der Waals surface area contributed by atoms with E-state index in [9.17, 15) is 14.4 Å². The summed E-state index contributed by atoms with van der Waals surface area (Å²) in [6.45, 7) is 6.73. The van der Waals surface area contributed by atoms with Gasteiger partial charge in [0.2, 0.25) is 5.91 Å². The molecule has 2 aromatic rings. The molecule has 0 bridgehead atoms. The minimum atomic E-state index is -0.652. The average Bonchev–Trinajstić information content (AvgIpc) is 2.97. The highest BCUT2D eigenvalue weighted by Crippen LogP contribution is 2.31. The summed E-state index contributed by atoms with van der Waals surface area (Å²) >= 11 is 0. The van der Waals surface area contributed by atoms with Crippen molar-refractivity contribution in [2.45, 2.75) is 46.1 Å². The number of para-hydroxylation sites is 2. The van der Waals surface area contributed by atoms with Gasteiger partial charge in [-0.1, -0.05) is 31.1 Å². The fourth-order valence-corrected chi connectivity index (χ4v) is 3.27. The molecule has 1 N–H and O–H groups in total. The lowest BCUT2D eigenvalue weighted by Gasteiger charge is -2.27. The normalized spacial score (nSPS) is 16.4. The number of ether oxygens (including phenoxy) is 1. The van der Waals surface area contributed by atoms with Gasteiger partial charge in [0.15, 0.2) is 12.4 Å². The fourth-order valence-electron chi connectivity index (χ4n) is 3.27. The van der Waals surface area contributed by atoms with Gasteiger partial charge in [-0.2, -0.15) is 0 Å². The van der Waals surface area contributed by atoms with E-state index in [-0.39, 0.29) is 29.9 Å². The molecule has 8 heteroatoms. The van der Waals surface area contributed by atoms with Crippen LogP contribution in [0.25, 0.3) is 0 Å². The number of amides is 2. The van der Waals surface area contributed by atoms with Crippen LogP contribution in [0.5, 0.6) is 0 Å².